The Bertz CT molecular complexity index is 212. The van der Waals surface area contributed by atoms with Crippen molar-refractivity contribution < 1.29 is 0 Å². The van der Waals surface area contributed by atoms with Crippen LogP contribution in [0.4, 0.5) is 0 Å². The minimum atomic E-state index is 0.551. The van der Waals surface area contributed by atoms with Crippen LogP contribution >= 0.6 is 12.6 Å². The number of hydrogen-bond donors (Lipinski definition) is 2. The molecule has 2 N–H and O–H groups in total. The van der Waals surface area contributed by atoms with Gasteiger partial charge in [-0.1, -0.05) is 0 Å². The van der Waals surface area contributed by atoms with Gasteiger partial charge in [-0.05, 0) is 61.8 Å². The van der Waals surface area contributed by atoms with Gasteiger partial charge in [0, 0.05) is 5.25 Å². The molecule has 13 heavy (non-hydrogen) atoms. The molecule has 4 fully saturated rings. The second kappa shape index (κ2) is 2.66. The highest BCUT2D eigenvalue weighted by atomic mass is 32.1. The zero-order valence-electron chi connectivity index (χ0n) is 8.08. The number of thiol groups is 1. The van der Waals surface area contributed by atoms with E-state index in [1.54, 1.807) is 0 Å². The van der Waals surface area contributed by atoms with Gasteiger partial charge in [0.15, 0.2) is 0 Å². The molecule has 4 rings (SSSR count). The molecule has 0 saturated heterocycles. The fraction of sp³-hybridized carbons (Fsp3) is 1.00. The Labute approximate surface area is 85.9 Å². The minimum Gasteiger partial charge on any atom is -0.330 e. The van der Waals surface area contributed by atoms with Gasteiger partial charge in [-0.15, -0.1) is 0 Å². The second-order valence-electron chi connectivity index (χ2n) is 5.66. The Morgan fingerprint density at radius 3 is 2.31 bits per heavy atom. The molecule has 2 unspecified atom stereocenters. The van der Waals surface area contributed by atoms with Gasteiger partial charge in [0.05, 0.1) is 0 Å². The first kappa shape index (κ1) is 8.60. The largest absolute Gasteiger partial charge is 0.330 e. The molecule has 0 amide bonds. The zero-order valence-corrected chi connectivity index (χ0v) is 8.97. The summed E-state index contributed by atoms with van der Waals surface area (Å²) in [6, 6.07) is 0. The van der Waals surface area contributed by atoms with Crippen molar-refractivity contribution in [2.24, 2.45) is 28.9 Å². The van der Waals surface area contributed by atoms with Gasteiger partial charge in [0.1, 0.15) is 0 Å². The minimum absolute atomic E-state index is 0.551. The van der Waals surface area contributed by atoms with Crippen molar-refractivity contribution in [2.45, 2.75) is 37.4 Å². The lowest BCUT2D eigenvalue weighted by molar-refractivity contribution is -0.0408. The summed E-state index contributed by atoms with van der Waals surface area (Å²) in [7, 11) is 0. The van der Waals surface area contributed by atoms with E-state index in [9.17, 15) is 0 Å². The molecule has 74 valence electrons. The van der Waals surface area contributed by atoms with E-state index in [1.165, 1.54) is 32.1 Å². The molecule has 0 aromatic carbocycles. The summed E-state index contributed by atoms with van der Waals surface area (Å²) in [6.07, 6.45) is 7.09. The van der Waals surface area contributed by atoms with Gasteiger partial charge >= 0.3 is 0 Å². The van der Waals surface area contributed by atoms with Gasteiger partial charge < -0.3 is 5.73 Å². The van der Waals surface area contributed by atoms with Crippen LogP contribution in [0.1, 0.15) is 32.1 Å². The quantitative estimate of drug-likeness (QED) is 0.618. The molecule has 1 nitrogen and oxygen atoms in total. The maximum atomic E-state index is 5.95. The molecule has 0 aromatic heterocycles. The highest BCUT2D eigenvalue weighted by molar-refractivity contribution is 7.81. The van der Waals surface area contributed by atoms with Crippen LogP contribution in [0, 0.1) is 23.2 Å². The molecular weight excluding hydrogens is 178 g/mol. The molecule has 0 aliphatic heterocycles. The third-order valence-electron chi connectivity index (χ3n) is 4.78. The highest BCUT2D eigenvalue weighted by Crippen LogP contribution is 2.60. The molecule has 0 radical (unpaired) electrons. The van der Waals surface area contributed by atoms with Crippen LogP contribution in [0.2, 0.25) is 0 Å². The summed E-state index contributed by atoms with van der Waals surface area (Å²) in [5.74, 6) is 2.81. The standard InChI is InChI=1S/C11H19NS/c12-6-11-3-7-1-8(4-11)10(13)9(2-7)5-11/h7-10,13H,1-6,12H2. The summed E-state index contributed by atoms with van der Waals surface area (Å²) < 4.78 is 0. The van der Waals surface area contributed by atoms with Crippen LogP contribution in [0.25, 0.3) is 0 Å². The van der Waals surface area contributed by atoms with Crippen molar-refractivity contribution >= 4 is 12.6 Å². The Balaban J connectivity index is 1.92. The van der Waals surface area contributed by atoms with E-state index in [0.29, 0.717) is 10.7 Å². The molecule has 2 atom stereocenters. The predicted molar refractivity (Wildman–Crippen MR) is 57.8 cm³/mol. The summed E-state index contributed by atoms with van der Waals surface area (Å²) >= 11 is 4.78. The van der Waals surface area contributed by atoms with Crippen LogP contribution in [0.15, 0.2) is 0 Å². The monoisotopic (exact) mass is 197 g/mol. The fourth-order valence-electron chi connectivity index (χ4n) is 4.42. The summed E-state index contributed by atoms with van der Waals surface area (Å²) in [5.41, 5.74) is 6.50. The fourth-order valence-corrected chi connectivity index (χ4v) is 4.87. The summed E-state index contributed by atoms with van der Waals surface area (Å²) in [4.78, 5) is 0. The van der Waals surface area contributed by atoms with Crippen molar-refractivity contribution in [1.29, 1.82) is 0 Å². The van der Waals surface area contributed by atoms with E-state index in [4.69, 9.17) is 18.4 Å². The molecule has 0 aromatic rings. The SMILES string of the molecule is NCC12CC3CC(C1)C(S)C(C3)C2. The van der Waals surface area contributed by atoms with Gasteiger partial charge in [0.2, 0.25) is 0 Å². The third kappa shape index (κ3) is 1.11. The number of rotatable bonds is 1. The maximum absolute atomic E-state index is 5.95. The Morgan fingerprint density at radius 1 is 1.15 bits per heavy atom. The third-order valence-corrected chi connectivity index (χ3v) is 5.63. The van der Waals surface area contributed by atoms with E-state index < -0.39 is 0 Å². The zero-order chi connectivity index (χ0) is 9.05. The maximum Gasteiger partial charge on any atom is 0.00739 e. The average Bonchev–Trinajstić information content (AvgIpc) is 2.13. The van der Waals surface area contributed by atoms with Crippen molar-refractivity contribution in [3.63, 3.8) is 0 Å². The van der Waals surface area contributed by atoms with Gasteiger partial charge in [-0.25, -0.2) is 0 Å². The first-order valence-corrected chi connectivity index (χ1v) is 6.12. The van der Waals surface area contributed by atoms with Crippen molar-refractivity contribution in [2.75, 3.05) is 6.54 Å². The van der Waals surface area contributed by atoms with Gasteiger partial charge in [-0.3, -0.25) is 0 Å². The predicted octanol–water partition coefficient (Wildman–Crippen LogP) is 2.07. The van der Waals surface area contributed by atoms with E-state index in [0.717, 1.165) is 24.3 Å². The molecule has 4 bridgehead atoms. The van der Waals surface area contributed by atoms with Crippen molar-refractivity contribution in [3.05, 3.63) is 0 Å². The van der Waals surface area contributed by atoms with Crippen molar-refractivity contribution in [1.82, 2.24) is 0 Å². The topological polar surface area (TPSA) is 26.0 Å². The molecule has 4 aliphatic rings. The van der Waals surface area contributed by atoms with E-state index in [1.807, 2.05) is 0 Å². The Hall–Kier alpha value is 0.310. The van der Waals surface area contributed by atoms with Crippen LogP contribution < -0.4 is 5.73 Å². The molecule has 0 heterocycles. The first-order valence-electron chi connectivity index (χ1n) is 5.61. The van der Waals surface area contributed by atoms with Crippen LogP contribution in [-0.2, 0) is 0 Å². The molecular formula is C11H19NS. The Morgan fingerprint density at radius 2 is 1.77 bits per heavy atom. The van der Waals surface area contributed by atoms with E-state index in [2.05, 4.69) is 0 Å². The molecule has 4 aliphatic carbocycles. The Kier molecular flexibility index (Phi) is 1.76. The normalized spacial score (nSPS) is 58.6. The average molecular weight is 197 g/mol. The summed E-state index contributed by atoms with van der Waals surface area (Å²) in [5, 5.41) is 0.705. The van der Waals surface area contributed by atoms with Gasteiger partial charge in [0.25, 0.3) is 0 Å². The molecule has 4 saturated carbocycles. The van der Waals surface area contributed by atoms with E-state index >= 15 is 0 Å². The lowest BCUT2D eigenvalue weighted by Gasteiger charge is -2.59. The number of hydrogen-bond acceptors (Lipinski definition) is 2. The first-order chi connectivity index (χ1) is 6.22. The lowest BCUT2D eigenvalue weighted by Crippen LogP contribution is -2.54. The second-order valence-corrected chi connectivity index (χ2v) is 6.26. The van der Waals surface area contributed by atoms with Gasteiger partial charge in [-0.2, -0.15) is 12.6 Å². The van der Waals surface area contributed by atoms with Crippen LogP contribution in [-0.4, -0.2) is 11.8 Å². The lowest BCUT2D eigenvalue weighted by atomic mass is 9.49. The molecule has 0 spiro atoms. The number of nitrogens with two attached hydrogens (primary N) is 1. The summed E-state index contributed by atoms with van der Waals surface area (Å²) in [6.45, 7) is 0.928. The van der Waals surface area contributed by atoms with Crippen LogP contribution in [0.5, 0.6) is 0 Å². The van der Waals surface area contributed by atoms with Crippen LogP contribution in [0.3, 0.4) is 0 Å². The smallest absolute Gasteiger partial charge is 0.00739 e. The molecule has 2 heteroatoms. The van der Waals surface area contributed by atoms with Crippen molar-refractivity contribution in [3.8, 4) is 0 Å². The van der Waals surface area contributed by atoms with E-state index in [-0.39, 0.29) is 0 Å². The highest BCUT2D eigenvalue weighted by Gasteiger charge is 2.53.